The molecule has 1 saturated heterocycles. The van der Waals surface area contributed by atoms with E-state index in [9.17, 15) is 0 Å². The number of aryl methyl sites for hydroxylation is 2. The van der Waals surface area contributed by atoms with E-state index in [-0.39, 0.29) is 0 Å². The lowest BCUT2D eigenvalue weighted by atomic mass is 10.1. The second kappa shape index (κ2) is 9.28. The molecule has 2 N–H and O–H groups in total. The normalized spacial score (nSPS) is 13.9. The van der Waals surface area contributed by atoms with Gasteiger partial charge < -0.3 is 20.3 Å². The first-order valence-corrected chi connectivity index (χ1v) is 10.5. The molecule has 0 amide bonds. The fraction of sp³-hybridized carbons (Fsp3) is 0.318. The Balaban J connectivity index is 1.63. The standard InChI is InChI=1S/C22H25ClN6O/c1-3-16-5-8-17(9-6-16)24-20-26-21(25-18-7-4-15(2)19(23)14-18)28-22(27-20)29-10-12-30-13-11-29/h4-9,14H,3,10-13H2,1-2H3,(H2,24,25,26,27,28). The van der Waals surface area contributed by atoms with Gasteiger partial charge in [0.1, 0.15) is 0 Å². The minimum atomic E-state index is 0.457. The van der Waals surface area contributed by atoms with Crippen LogP contribution >= 0.6 is 11.6 Å². The van der Waals surface area contributed by atoms with Crippen molar-refractivity contribution in [2.24, 2.45) is 0 Å². The Hall–Kier alpha value is -2.90. The van der Waals surface area contributed by atoms with E-state index in [1.807, 2.05) is 37.3 Å². The van der Waals surface area contributed by atoms with Gasteiger partial charge in [0.2, 0.25) is 17.8 Å². The minimum absolute atomic E-state index is 0.457. The Kier molecular flexibility index (Phi) is 6.30. The Morgan fingerprint density at radius 2 is 1.57 bits per heavy atom. The van der Waals surface area contributed by atoms with E-state index in [0.29, 0.717) is 36.1 Å². The SMILES string of the molecule is CCc1ccc(Nc2nc(Nc3ccc(C)c(Cl)c3)nc(N3CCOCC3)n2)cc1. The van der Waals surface area contributed by atoms with Crippen LogP contribution in [0.5, 0.6) is 0 Å². The van der Waals surface area contributed by atoms with Gasteiger partial charge in [-0.1, -0.05) is 36.7 Å². The summed E-state index contributed by atoms with van der Waals surface area (Å²) in [6.45, 7) is 6.90. The molecule has 0 saturated carbocycles. The molecule has 7 nitrogen and oxygen atoms in total. The van der Waals surface area contributed by atoms with E-state index < -0.39 is 0 Å². The summed E-state index contributed by atoms with van der Waals surface area (Å²) >= 11 is 6.27. The van der Waals surface area contributed by atoms with E-state index in [4.69, 9.17) is 16.3 Å². The van der Waals surface area contributed by atoms with Crippen molar-refractivity contribution in [3.63, 3.8) is 0 Å². The summed E-state index contributed by atoms with van der Waals surface area (Å²) in [5.41, 5.74) is 4.05. The van der Waals surface area contributed by atoms with Crippen LogP contribution in [0.2, 0.25) is 5.02 Å². The smallest absolute Gasteiger partial charge is 0.233 e. The summed E-state index contributed by atoms with van der Waals surface area (Å²) in [6.07, 6.45) is 1.00. The molecule has 1 aliphatic rings. The molecule has 2 heterocycles. The first-order valence-electron chi connectivity index (χ1n) is 10.1. The number of anilines is 5. The van der Waals surface area contributed by atoms with Crippen LogP contribution < -0.4 is 15.5 Å². The van der Waals surface area contributed by atoms with E-state index in [0.717, 1.165) is 36.4 Å². The third kappa shape index (κ3) is 4.98. The molecule has 0 radical (unpaired) electrons. The zero-order chi connectivity index (χ0) is 20.9. The molecule has 1 aromatic heterocycles. The number of nitrogens with one attached hydrogen (secondary N) is 2. The number of halogens is 1. The predicted octanol–water partition coefficient (Wildman–Crippen LogP) is 4.72. The average Bonchev–Trinajstić information content (AvgIpc) is 2.77. The quantitative estimate of drug-likeness (QED) is 0.592. The van der Waals surface area contributed by atoms with Crippen molar-refractivity contribution >= 4 is 40.8 Å². The van der Waals surface area contributed by atoms with Crippen molar-refractivity contribution < 1.29 is 4.74 Å². The predicted molar refractivity (Wildman–Crippen MR) is 121 cm³/mol. The van der Waals surface area contributed by atoms with Crippen LogP contribution in [0.1, 0.15) is 18.1 Å². The molecule has 0 bridgehead atoms. The highest BCUT2D eigenvalue weighted by molar-refractivity contribution is 6.31. The Bertz CT molecular complexity index is 1010. The topological polar surface area (TPSA) is 75.2 Å². The molecular weight excluding hydrogens is 400 g/mol. The molecule has 156 valence electrons. The summed E-state index contributed by atoms with van der Waals surface area (Å²) in [6, 6.07) is 14.0. The van der Waals surface area contributed by atoms with Gasteiger partial charge in [0, 0.05) is 29.5 Å². The zero-order valence-corrected chi connectivity index (χ0v) is 17.9. The lowest BCUT2D eigenvalue weighted by molar-refractivity contribution is 0.122. The number of aromatic nitrogens is 3. The molecule has 0 atom stereocenters. The summed E-state index contributed by atoms with van der Waals surface area (Å²) in [5, 5.41) is 7.24. The van der Waals surface area contributed by atoms with Gasteiger partial charge in [-0.05, 0) is 48.7 Å². The van der Waals surface area contributed by atoms with Crippen molar-refractivity contribution in [3.05, 3.63) is 58.6 Å². The van der Waals surface area contributed by atoms with Crippen molar-refractivity contribution in [1.29, 1.82) is 0 Å². The highest BCUT2D eigenvalue weighted by atomic mass is 35.5. The van der Waals surface area contributed by atoms with E-state index >= 15 is 0 Å². The maximum Gasteiger partial charge on any atom is 0.233 e. The highest BCUT2D eigenvalue weighted by Gasteiger charge is 2.17. The highest BCUT2D eigenvalue weighted by Crippen LogP contribution is 2.24. The van der Waals surface area contributed by atoms with Crippen molar-refractivity contribution in [2.45, 2.75) is 20.3 Å². The van der Waals surface area contributed by atoms with Crippen LogP contribution in [-0.2, 0) is 11.2 Å². The minimum Gasteiger partial charge on any atom is -0.378 e. The van der Waals surface area contributed by atoms with Gasteiger partial charge in [0.05, 0.1) is 13.2 Å². The zero-order valence-electron chi connectivity index (χ0n) is 17.2. The van der Waals surface area contributed by atoms with E-state index in [1.54, 1.807) is 0 Å². The van der Waals surface area contributed by atoms with Gasteiger partial charge in [0.15, 0.2) is 0 Å². The second-order valence-electron chi connectivity index (χ2n) is 7.15. The monoisotopic (exact) mass is 424 g/mol. The maximum absolute atomic E-state index is 6.27. The fourth-order valence-corrected chi connectivity index (χ4v) is 3.31. The third-order valence-corrected chi connectivity index (χ3v) is 5.37. The van der Waals surface area contributed by atoms with Crippen LogP contribution in [-0.4, -0.2) is 41.3 Å². The number of nitrogens with zero attached hydrogens (tertiary/aromatic N) is 4. The summed E-state index contributed by atoms with van der Waals surface area (Å²) in [4.78, 5) is 15.9. The third-order valence-electron chi connectivity index (χ3n) is 4.96. The van der Waals surface area contributed by atoms with Crippen LogP contribution in [0.3, 0.4) is 0 Å². The van der Waals surface area contributed by atoms with Gasteiger partial charge in [-0.2, -0.15) is 15.0 Å². The van der Waals surface area contributed by atoms with Gasteiger partial charge in [-0.15, -0.1) is 0 Å². The van der Waals surface area contributed by atoms with E-state index in [2.05, 4.69) is 49.5 Å². The number of ether oxygens (including phenoxy) is 1. The molecule has 4 rings (SSSR count). The molecular formula is C22H25ClN6O. The molecule has 0 unspecified atom stereocenters. The number of morpholine rings is 1. The lowest BCUT2D eigenvalue weighted by Gasteiger charge is -2.27. The van der Waals surface area contributed by atoms with Crippen LogP contribution in [0.25, 0.3) is 0 Å². The maximum atomic E-state index is 6.27. The second-order valence-corrected chi connectivity index (χ2v) is 7.55. The summed E-state index contributed by atoms with van der Waals surface area (Å²) < 4.78 is 5.46. The van der Waals surface area contributed by atoms with Gasteiger partial charge >= 0.3 is 0 Å². The fourth-order valence-electron chi connectivity index (χ4n) is 3.13. The van der Waals surface area contributed by atoms with Crippen molar-refractivity contribution in [1.82, 2.24) is 15.0 Å². The van der Waals surface area contributed by atoms with E-state index in [1.165, 1.54) is 5.56 Å². The van der Waals surface area contributed by atoms with Gasteiger partial charge in [0.25, 0.3) is 0 Å². The molecule has 2 aromatic carbocycles. The number of benzene rings is 2. The number of rotatable bonds is 6. The molecule has 30 heavy (non-hydrogen) atoms. The molecule has 8 heteroatoms. The Morgan fingerprint density at radius 3 is 2.20 bits per heavy atom. The Labute approximate surface area is 181 Å². The lowest BCUT2D eigenvalue weighted by Crippen LogP contribution is -2.37. The largest absolute Gasteiger partial charge is 0.378 e. The molecule has 1 fully saturated rings. The molecule has 0 aliphatic carbocycles. The average molecular weight is 425 g/mol. The molecule has 0 spiro atoms. The van der Waals surface area contributed by atoms with Gasteiger partial charge in [-0.3, -0.25) is 0 Å². The van der Waals surface area contributed by atoms with Crippen molar-refractivity contribution in [2.75, 3.05) is 41.8 Å². The summed E-state index contributed by atoms with van der Waals surface area (Å²) in [7, 11) is 0. The number of hydrogen-bond donors (Lipinski definition) is 2. The van der Waals surface area contributed by atoms with Crippen LogP contribution in [0, 0.1) is 6.92 Å². The van der Waals surface area contributed by atoms with Gasteiger partial charge in [-0.25, -0.2) is 0 Å². The first-order chi connectivity index (χ1) is 14.6. The van der Waals surface area contributed by atoms with Crippen molar-refractivity contribution in [3.8, 4) is 0 Å². The van der Waals surface area contributed by atoms with Crippen LogP contribution in [0.15, 0.2) is 42.5 Å². The molecule has 3 aromatic rings. The Morgan fingerprint density at radius 1 is 0.933 bits per heavy atom. The summed E-state index contributed by atoms with van der Waals surface area (Å²) in [5.74, 6) is 1.55. The van der Waals surface area contributed by atoms with Crippen LogP contribution in [0.4, 0.5) is 29.2 Å². The number of hydrogen-bond acceptors (Lipinski definition) is 7. The molecule has 1 aliphatic heterocycles. The first kappa shape index (κ1) is 20.4.